The predicted octanol–water partition coefficient (Wildman–Crippen LogP) is 2.08. The predicted molar refractivity (Wildman–Crippen MR) is 94.4 cm³/mol. The van der Waals surface area contributed by atoms with Crippen LogP contribution in [0.15, 0.2) is 29.5 Å². The molecular formula is C17H29N5O. The van der Waals surface area contributed by atoms with Gasteiger partial charge in [0.25, 0.3) is 5.91 Å². The lowest BCUT2D eigenvalue weighted by atomic mass is 10.1. The van der Waals surface area contributed by atoms with E-state index in [4.69, 9.17) is 5.73 Å². The molecule has 6 heteroatoms. The molecule has 0 atom stereocenters. The number of amides is 1. The molecule has 0 radical (unpaired) electrons. The monoisotopic (exact) mass is 319 g/mol. The van der Waals surface area contributed by atoms with Crippen LogP contribution in [0.1, 0.15) is 55.8 Å². The minimum Gasteiger partial charge on any atom is -0.370 e. The van der Waals surface area contributed by atoms with Crippen LogP contribution in [0, 0.1) is 0 Å². The van der Waals surface area contributed by atoms with Gasteiger partial charge in [0.05, 0.1) is 5.56 Å². The molecule has 6 nitrogen and oxygen atoms in total. The highest BCUT2D eigenvalue weighted by Crippen LogP contribution is 2.04. The number of nitrogens with zero attached hydrogens (tertiary/aromatic N) is 2. The first kappa shape index (κ1) is 18.9. The average Bonchev–Trinajstić information content (AvgIpc) is 2.58. The van der Waals surface area contributed by atoms with Gasteiger partial charge in [-0.15, -0.1) is 0 Å². The van der Waals surface area contributed by atoms with Crippen molar-refractivity contribution < 1.29 is 4.79 Å². The van der Waals surface area contributed by atoms with Crippen LogP contribution >= 0.6 is 0 Å². The van der Waals surface area contributed by atoms with Crippen molar-refractivity contribution >= 4 is 11.9 Å². The Bertz CT molecular complexity index is 461. The Kier molecular flexibility index (Phi) is 10.2. The zero-order valence-corrected chi connectivity index (χ0v) is 14.1. The summed E-state index contributed by atoms with van der Waals surface area (Å²) in [5.41, 5.74) is 6.33. The van der Waals surface area contributed by atoms with E-state index in [1.165, 1.54) is 32.1 Å². The van der Waals surface area contributed by atoms with Gasteiger partial charge in [-0.3, -0.25) is 14.8 Å². The Labute approximate surface area is 139 Å². The number of carbonyl (C=O) groups excluding carboxylic acids is 1. The molecule has 1 amide bonds. The first-order valence-corrected chi connectivity index (χ1v) is 8.46. The Morgan fingerprint density at radius 2 is 1.91 bits per heavy atom. The largest absolute Gasteiger partial charge is 0.370 e. The average molecular weight is 319 g/mol. The van der Waals surface area contributed by atoms with Gasteiger partial charge in [0.1, 0.15) is 0 Å². The number of carbonyl (C=O) groups is 1. The van der Waals surface area contributed by atoms with Gasteiger partial charge >= 0.3 is 0 Å². The summed E-state index contributed by atoms with van der Waals surface area (Å²) in [7, 11) is 0. The van der Waals surface area contributed by atoms with Gasteiger partial charge in [0, 0.05) is 32.0 Å². The minimum absolute atomic E-state index is 0.137. The fourth-order valence-corrected chi connectivity index (χ4v) is 2.11. The van der Waals surface area contributed by atoms with Crippen LogP contribution in [0.25, 0.3) is 0 Å². The standard InChI is InChI=1S/C17H29N5O/c1-2-3-4-5-6-7-11-21-17(18)22-13-12-20-16(23)15-9-8-10-19-14-15/h8-10,14H,2-7,11-13H2,1H3,(H,20,23)(H3,18,21,22). The Morgan fingerprint density at radius 1 is 1.17 bits per heavy atom. The van der Waals surface area contributed by atoms with E-state index in [2.05, 4.69) is 27.5 Å². The topological polar surface area (TPSA) is 92.4 Å². The van der Waals surface area contributed by atoms with E-state index in [0.717, 1.165) is 13.0 Å². The van der Waals surface area contributed by atoms with Gasteiger partial charge < -0.3 is 16.4 Å². The fourth-order valence-electron chi connectivity index (χ4n) is 2.11. The minimum atomic E-state index is -0.137. The molecular weight excluding hydrogens is 290 g/mol. The number of pyridine rings is 1. The molecule has 23 heavy (non-hydrogen) atoms. The van der Waals surface area contributed by atoms with E-state index in [-0.39, 0.29) is 5.91 Å². The van der Waals surface area contributed by atoms with Crippen molar-refractivity contribution in [1.82, 2.24) is 15.6 Å². The molecule has 0 aliphatic rings. The number of unbranched alkanes of at least 4 members (excludes halogenated alkanes) is 5. The number of hydrogen-bond donors (Lipinski definition) is 3. The molecule has 0 aliphatic carbocycles. The number of aromatic nitrogens is 1. The molecule has 128 valence electrons. The molecule has 1 rings (SSSR count). The molecule has 4 N–H and O–H groups in total. The van der Waals surface area contributed by atoms with Crippen molar-refractivity contribution in [2.75, 3.05) is 19.6 Å². The van der Waals surface area contributed by atoms with E-state index in [9.17, 15) is 4.79 Å². The molecule has 0 fully saturated rings. The second kappa shape index (κ2) is 12.4. The summed E-state index contributed by atoms with van der Waals surface area (Å²) in [6.45, 7) is 4.02. The summed E-state index contributed by atoms with van der Waals surface area (Å²) in [5.74, 6) is 0.302. The number of rotatable bonds is 11. The van der Waals surface area contributed by atoms with Crippen LogP contribution < -0.4 is 16.4 Å². The van der Waals surface area contributed by atoms with E-state index in [1.54, 1.807) is 24.5 Å². The molecule has 1 heterocycles. The third-order valence-corrected chi connectivity index (χ3v) is 3.43. The quantitative estimate of drug-likeness (QED) is 0.331. The Balaban J connectivity index is 2.04. The lowest BCUT2D eigenvalue weighted by Gasteiger charge is -2.07. The van der Waals surface area contributed by atoms with E-state index in [1.807, 2.05) is 0 Å². The van der Waals surface area contributed by atoms with E-state index in [0.29, 0.717) is 24.6 Å². The first-order chi connectivity index (χ1) is 11.2. The van der Waals surface area contributed by atoms with Crippen LogP contribution in [-0.4, -0.2) is 36.5 Å². The number of nitrogens with one attached hydrogen (secondary N) is 2. The zero-order chi connectivity index (χ0) is 16.8. The zero-order valence-electron chi connectivity index (χ0n) is 14.1. The lowest BCUT2D eigenvalue weighted by molar-refractivity contribution is 0.0954. The van der Waals surface area contributed by atoms with Crippen LogP contribution in [0.2, 0.25) is 0 Å². The third kappa shape index (κ3) is 9.50. The molecule has 0 saturated carbocycles. The SMILES string of the molecule is CCCCCCCCN=C(N)NCCNC(=O)c1cccnc1. The highest BCUT2D eigenvalue weighted by atomic mass is 16.1. The van der Waals surface area contributed by atoms with Gasteiger partial charge in [-0.05, 0) is 18.6 Å². The normalized spacial score (nSPS) is 11.3. The Morgan fingerprint density at radius 3 is 2.65 bits per heavy atom. The lowest BCUT2D eigenvalue weighted by Crippen LogP contribution is -2.38. The van der Waals surface area contributed by atoms with Crippen LogP contribution in [0.5, 0.6) is 0 Å². The summed E-state index contributed by atoms with van der Waals surface area (Å²) < 4.78 is 0. The van der Waals surface area contributed by atoms with Crippen LogP contribution in [0.4, 0.5) is 0 Å². The third-order valence-electron chi connectivity index (χ3n) is 3.43. The molecule has 0 saturated heterocycles. The first-order valence-electron chi connectivity index (χ1n) is 8.46. The number of nitrogens with two attached hydrogens (primary N) is 1. The summed E-state index contributed by atoms with van der Waals surface area (Å²) in [4.78, 5) is 20.0. The maximum atomic E-state index is 11.8. The maximum absolute atomic E-state index is 11.8. The summed E-state index contributed by atoms with van der Waals surface area (Å²) in [6.07, 6.45) is 10.6. The highest BCUT2D eigenvalue weighted by molar-refractivity contribution is 5.93. The molecule has 0 aliphatic heterocycles. The summed E-state index contributed by atoms with van der Waals surface area (Å²) in [5, 5.41) is 5.80. The number of hydrogen-bond acceptors (Lipinski definition) is 3. The van der Waals surface area contributed by atoms with Crippen molar-refractivity contribution in [3.05, 3.63) is 30.1 Å². The van der Waals surface area contributed by atoms with Gasteiger partial charge in [-0.1, -0.05) is 39.0 Å². The van der Waals surface area contributed by atoms with Crippen LogP contribution in [0.3, 0.4) is 0 Å². The highest BCUT2D eigenvalue weighted by Gasteiger charge is 2.03. The second-order valence-corrected chi connectivity index (χ2v) is 5.46. The molecule has 1 aromatic heterocycles. The molecule has 0 aromatic carbocycles. The molecule has 1 aromatic rings. The smallest absolute Gasteiger partial charge is 0.252 e. The van der Waals surface area contributed by atoms with Crippen molar-refractivity contribution in [2.24, 2.45) is 10.7 Å². The van der Waals surface area contributed by atoms with Gasteiger partial charge in [-0.25, -0.2) is 0 Å². The van der Waals surface area contributed by atoms with Crippen molar-refractivity contribution in [2.45, 2.75) is 45.4 Å². The second-order valence-electron chi connectivity index (χ2n) is 5.46. The van der Waals surface area contributed by atoms with Crippen molar-refractivity contribution in [1.29, 1.82) is 0 Å². The Hall–Kier alpha value is -2.11. The van der Waals surface area contributed by atoms with Gasteiger partial charge in [0.15, 0.2) is 5.96 Å². The van der Waals surface area contributed by atoms with Gasteiger partial charge in [-0.2, -0.15) is 0 Å². The summed E-state index contributed by atoms with van der Waals surface area (Å²) >= 11 is 0. The number of aliphatic imine (C=N–C) groups is 1. The van der Waals surface area contributed by atoms with Gasteiger partial charge in [0.2, 0.25) is 0 Å². The van der Waals surface area contributed by atoms with Crippen LogP contribution in [-0.2, 0) is 0 Å². The molecule has 0 bridgehead atoms. The van der Waals surface area contributed by atoms with Crippen molar-refractivity contribution in [3.63, 3.8) is 0 Å². The van der Waals surface area contributed by atoms with E-state index < -0.39 is 0 Å². The van der Waals surface area contributed by atoms with Crippen molar-refractivity contribution in [3.8, 4) is 0 Å². The summed E-state index contributed by atoms with van der Waals surface area (Å²) in [6, 6.07) is 3.46. The maximum Gasteiger partial charge on any atom is 0.252 e. The number of guanidine groups is 1. The van der Waals surface area contributed by atoms with E-state index >= 15 is 0 Å². The fraction of sp³-hybridized carbons (Fsp3) is 0.588. The molecule has 0 unspecified atom stereocenters. The molecule has 0 spiro atoms.